The third-order valence-electron chi connectivity index (χ3n) is 1.46. The highest BCUT2D eigenvalue weighted by atomic mass is 16.4. The van der Waals surface area contributed by atoms with Gasteiger partial charge in [0.15, 0.2) is 0 Å². The Balaban J connectivity index is 4.29. The Morgan fingerprint density at radius 2 is 2.08 bits per heavy atom. The second-order valence-corrected chi connectivity index (χ2v) is 2.39. The van der Waals surface area contributed by atoms with Crippen LogP contribution in [0.25, 0.3) is 0 Å². The smallest absolute Gasteiger partial charge is 0.150 e. The van der Waals surface area contributed by atoms with Crippen molar-refractivity contribution >= 4 is 6.29 Å². The molecule has 0 rings (SSSR count). The van der Waals surface area contributed by atoms with Crippen LogP contribution in [0.4, 0.5) is 0 Å². The molecule has 0 spiro atoms. The van der Waals surface area contributed by atoms with E-state index in [1.54, 1.807) is 5.73 Å². The fourth-order valence-electron chi connectivity index (χ4n) is 0.634. The van der Waals surface area contributed by atoms with Crippen molar-refractivity contribution in [2.75, 3.05) is 6.61 Å². The van der Waals surface area contributed by atoms with Gasteiger partial charge in [-0.05, 0) is 0 Å². The Morgan fingerprint density at radius 3 is 2.42 bits per heavy atom. The summed E-state index contributed by atoms with van der Waals surface area (Å²) < 4.78 is 6.67. The van der Waals surface area contributed by atoms with E-state index in [1.165, 1.54) is 0 Å². The summed E-state index contributed by atoms with van der Waals surface area (Å²) in [6, 6.07) is -1.32. The molecule has 0 radical (unpaired) electrons. The Morgan fingerprint density at radius 1 is 1.50 bits per heavy atom. The van der Waals surface area contributed by atoms with Crippen LogP contribution in [0, 0.1) is 0 Å². The van der Waals surface area contributed by atoms with E-state index in [4.69, 9.17) is 21.8 Å². The van der Waals surface area contributed by atoms with Crippen LogP contribution in [0.2, 0.25) is 1.41 Å². The van der Waals surface area contributed by atoms with Crippen LogP contribution >= 0.6 is 0 Å². The minimum absolute atomic E-state index is 0.125. The molecule has 0 saturated heterocycles. The van der Waals surface area contributed by atoms with E-state index in [0.29, 0.717) is 0 Å². The number of rotatable bonds is 6. The van der Waals surface area contributed by atoms with Crippen molar-refractivity contribution in [1.82, 2.24) is 0 Å². The van der Waals surface area contributed by atoms with Gasteiger partial charge in [0, 0.05) is 0 Å². The molecular formula is C6H13NO5. The predicted octanol–water partition coefficient (Wildman–Crippen LogP) is -3.41. The van der Waals surface area contributed by atoms with Gasteiger partial charge in [-0.3, -0.25) is 0 Å². The first kappa shape index (κ1) is 9.56. The number of aliphatic hydroxyl groups is 4. The molecule has 0 saturated carbocycles. The molecule has 0 aliphatic rings. The first-order valence-electron chi connectivity index (χ1n) is 3.86. The van der Waals surface area contributed by atoms with Crippen LogP contribution in [-0.4, -0.2) is 57.7 Å². The highest BCUT2D eigenvalue weighted by Crippen LogP contribution is 2.00. The van der Waals surface area contributed by atoms with Gasteiger partial charge >= 0.3 is 0 Å². The molecule has 0 unspecified atom stereocenters. The molecule has 6 nitrogen and oxygen atoms in total. The minimum atomic E-state index is -1.60. The monoisotopic (exact) mass is 180 g/mol. The van der Waals surface area contributed by atoms with Crippen LogP contribution in [-0.2, 0) is 4.79 Å². The molecule has 72 valence electrons. The number of carbonyl (C=O) groups excluding carboxylic acids is 1. The Bertz CT molecular complexity index is 158. The number of aldehydes is 1. The van der Waals surface area contributed by atoms with Gasteiger partial charge in [-0.2, -0.15) is 0 Å². The summed E-state index contributed by atoms with van der Waals surface area (Å²) in [5.74, 6) is 0. The molecule has 0 aliphatic heterocycles. The molecule has 0 fully saturated rings. The van der Waals surface area contributed by atoms with Crippen molar-refractivity contribution in [3.63, 3.8) is 0 Å². The normalized spacial score (nSPS) is 22.2. The maximum atomic E-state index is 10.1. The molecule has 0 heterocycles. The molecular weight excluding hydrogens is 166 g/mol. The molecule has 12 heavy (non-hydrogen) atoms. The van der Waals surface area contributed by atoms with Gasteiger partial charge in [0.2, 0.25) is 0 Å². The molecule has 4 atom stereocenters. The van der Waals surface area contributed by atoms with E-state index in [1.807, 2.05) is 0 Å². The summed E-state index contributed by atoms with van der Waals surface area (Å²) in [5, 5.41) is 35.5. The number of hydrogen-bond acceptors (Lipinski definition) is 6. The van der Waals surface area contributed by atoms with Crippen molar-refractivity contribution in [3.8, 4) is 0 Å². The third kappa shape index (κ3) is 2.84. The van der Waals surface area contributed by atoms with Gasteiger partial charge in [-0.1, -0.05) is 0 Å². The second kappa shape index (κ2) is 5.18. The second-order valence-electron chi connectivity index (χ2n) is 2.39. The minimum Gasteiger partial charge on any atom is -0.394 e. The molecule has 0 aromatic carbocycles. The summed E-state index contributed by atoms with van der Waals surface area (Å²) in [6.07, 6.45) is -4.56. The summed E-state index contributed by atoms with van der Waals surface area (Å²) in [7, 11) is 0. The average molecular weight is 180 g/mol. The Hall–Kier alpha value is -0.530. The fraction of sp³-hybridized carbons (Fsp3) is 0.833. The fourth-order valence-corrected chi connectivity index (χ4v) is 0.634. The number of nitrogens with two attached hydrogens (primary N) is 1. The van der Waals surface area contributed by atoms with E-state index < -0.39 is 31.0 Å². The summed E-state index contributed by atoms with van der Waals surface area (Å²) in [4.78, 5) is 10.1. The van der Waals surface area contributed by atoms with Gasteiger partial charge in [0.1, 0.15) is 26.0 Å². The molecule has 0 bridgehead atoms. The van der Waals surface area contributed by atoms with Crippen LogP contribution in [0.1, 0.15) is 0 Å². The van der Waals surface area contributed by atoms with Crippen molar-refractivity contribution < 1.29 is 26.6 Å². The summed E-state index contributed by atoms with van der Waals surface area (Å²) >= 11 is 0. The lowest BCUT2D eigenvalue weighted by Crippen LogP contribution is -2.51. The standard InChI is InChI=1S/C6H13NO5/c7-5(3(10)1-8)6(12)4(11)2-9/h1,3-6,9-12H,2,7H2/t3-,4+,5+,6+/m0/s1/i/hD. The quantitative estimate of drug-likeness (QED) is 0.271. The molecule has 0 aliphatic carbocycles. The molecule has 0 aromatic heterocycles. The lowest BCUT2D eigenvalue weighted by atomic mass is 10.0. The van der Waals surface area contributed by atoms with Crippen LogP contribution in [0.5, 0.6) is 0 Å². The lowest BCUT2D eigenvalue weighted by molar-refractivity contribution is -0.119. The van der Waals surface area contributed by atoms with Gasteiger partial charge in [-0.25, -0.2) is 0 Å². The highest BCUT2D eigenvalue weighted by molar-refractivity contribution is 5.57. The zero-order chi connectivity index (χ0) is 10.4. The van der Waals surface area contributed by atoms with Crippen molar-refractivity contribution in [2.45, 2.75) is 24.4 Å². The van der Waals surface area contributed by atoms with Gasteiger partial charge in [-0.15, -0.1) is 0 Å². The zero-order valence-corrected chi connectivity index (χ0v) is 6.29. The molecule has 0 amide bonds. The first-order chi connectivity index (χ1) is 6.08. The third-order valence-corrected chi connectivity index (χ3v) is 1.46. The number of aliphatic hydroxyl groups excluding tert-OH is 4. The van der Waals surface area contributed by atoms with E-state index in [-0.39, 0.29) is 6.29 Å². The molecule has 6 N–H and O–H groups in total. The van der Waals surface area contributed by atoms with E-state index >= 15 is 0 Å². The van der Waals surface area contributed by atoms with Crippen molar-refractivity contribution in [2.24, 2.45) is 5.73 Å². The van der Waals surface area contributed by atoms with Gasteiger partial charge < -0.3 is 30.9 Å². The maximum absolute atomic E-state index is 10.1. The Labute approximate surface area is 70.7 Å². The van der Waals surface area contributed by atoms with E-state index in [2.05, 4.69) is 0 Å². The maximum Gasteiger partial charge on any atom is 0.150 e. The molecule has 0 aromatic rings. The highest BCUT2D eigenvalue weighted by Gasteiger charge is 2.27. The topological polar surface area (TPSA) is 124 Å². The SMILES string of the molecule is [2H]N[C@@H]([C@H](O)[C@H](O)CO)[C@@H](O)C=O. The number of carbonyl (C=O) groups is 1. The Kier molecular flexibility index (Phi) is 4.12. The summed E-state index contributed by atoms with van der Waals surface area (Å²) in [5.41, 5.74) is 1.72. The number of hydrogen-bond donors (Lipinski definition) is 5. The van der Waals surface area contributed by atoms with Crippen LogP contribution in [0.15, 0.2) is 0 Å². The first-order valence-corrected chi connectivity index (χ1v) is 3.36. The lowest BCUT2D eigenvalue weighted by Gasteiger charge is -2.23. The van der Waals surface area contributed by atoms with Crippen molar-refractivity contribution in [3.05, 3.63) is 0 Å². The largest absolute Gasteiger partial charge is 0.394 e. The van der Waals surface area contributed by atoms with Gasteiger partial charge in [0.25, 0.3) is 0 Å². The van der Waals surface area contributed by atoms with Crippen LogP contribution < -0.4 is 5.73 Å². The van der Waals surface area contributed by atoms with Crippen LogP contribution in [0.3, 0.4) is 0 Å². The van der Waals surface area contributed by atoms with Gasteiger partial charge in [0.05, 0.1) is 12.6 Å². The zero-order valence-electron chi connectivity index (χ0n) is 7.29. The van der Waals surface area contributed by atoms with Crippen molar-refractivity contribution in [1.29, 1.82) is 0 Å². The predicted molar refractivity (Wildman–Crippen MR) is 39.1 cm³/mol. The average Bonchev–Trinajstić information content (AvgIpc) is 2.17. The van der Waals surface area contributed by atoms with E-state index in [9.17, 15) is 4.79 Å². The summed E-state index contributed by atoms with van der Waals surface area (Å²) in [6.45, 7) is -0.717. The van der Waals surface area contributed by atoms with E-state index in [0.717, 1.165) is 0 Å². The molecule has 6 heteroatoms.